The van der Waals surface area contributed by atoms with Crippen molar-refractivity contribution in [1.29, 1.82) is 0 Å². The number of carbonyl (C=O) groups is 1. The highest BCUT2D eigenvalue weighted by Gasteiger charge is 2.29. The van der Waals surface area contributed by atoms with Gasteiger partial charge in [0.05, 0.1) is 6.16 Å². The Balaban J connectivity index is 1.59. The van der Waals surface area contributed by atoms with Gasteiger partial charge in [0, 0.05) is 17.1 Å². The minimum Gasteiger partial charge on any atom is -0.479 e. The van der Waals surface area contributed by atoms with E-state index in [0.29, 0.717) is 18.4 Å². The molecule has 0 aliphatic heterocycles. The van der Waals surface area contributed by atoms with Crippen LogP contribution in [0.3, 0.4) is 0 Å². The minimum absolute atomic E-state index is 0.161. The molecule has 27 heavy (non-hydrogen) atoms. The largest absolute Gasteiger partial charge is 0.479 e. The molecule has 142 valence electrons. The van der Waals surface area contributed by atoms with E-state index >= 15 is 0 Å². The molecule has 3 aromatic rings. The normalized spacial score (nSPS) is 14.7. The average Bonchev–Trinajstić information content (AvgIpc) is 3.04. The summed E-state index contributed by atoms with van der Waals surface area (Å²) in [4.78, 5) is 24.7. The van der Waals surface area contributed by atoms with Crippen molar-refractivity contribution in [2.75, 3.05) is 0 Å². The molecule has 0 aliphatic rings. The zero-order valence-electron chi connectivity index (χ0n) is 14.7. The number of carboxylic acids is 1. The molecule has 1 heterocycles. The summed E-state index contributed by atoms with van der Waals surface area (Å²) >= 11 is 0. The van der Waals surface area contributed by atoms with Gasteiger partial charge < -0.3 is 15.0 Å². The van der Waals surface area contributed by atoms with Gasteiger partial charge in [-0.15, -0.1) is 0 Å². The van der Waals surface area contributed by atoms with E-state index in [9.17, 15) is 19.4 Å². The summed E-state index contributed by atoms with van der Waals surface area (Å²) in [7, 11) is -4.05. The molecule has 0 radical (unpaired) electrons. The number of para-hydroxylation sites is 1. The number of aryl methyl sites for hydroxylation is 1. The Kier molecular flexibility index (Phi) is 6.11. The Morgan fingerprint density at radius 3 is 2.56 bits per heavy atom. The van der Waals surface area contributed by atoms with Crippen molar-refractivity contribution in [3.05, 3.63) is 71.9 Å². The summed E-state index contributed by atoms with van der Waals surface area (Å²) in [6.45, 7) is 0. The molecule has 0 fully saturated rings. The fourth-order valence-corrected chi connectivity index (χ4v) is 4.43. The van der Waals surface area contributed by atoms with Crippen molar-refractivity contribution in [3.63, 3.8) is 0 Å². The van der Waals surface area contributed by atoms with Gasteiger partial charge >= 0.3 is 13.6 Å². The van der Waals surface area contributed by atoms with Crippen molar-refractivity contribution >= 4 is 24.5 Å². The summed E-state index contributed by atoms with van der Waals surface area (Å²) in [5.41, 5.74) is 2.75. The molecule has 0 bridgehead atoms. The second kappa shape index (κ2) is 8.53. The molecule has 0 saturated carbocycles. The number of nitrogens with one attached hydrogen (secondary N) is 1. The summed E-state index contributed by atoms with van der Waals surface area (Å²) < 4.78 is 17.4. The summed E-state index contributed by atoms with van der Waals surface area (Å²) in [5, 5.41) is 10.5. The van der Waals surface area contributed by atoms with Crippen molar-refractivity contribution in [2.24, 2.45) is 0 Å². The standard InChI is InChI=1S/C20H22NO5P/c22-20(23)19(26-27(24,25)14-15-7-2-1-3-8-15)12-6-9-16-13-21-18-11-5-4-10-17(16)18/h1-5,7-8,10-11,13,19,21H,6,9,12,14H2,(H,22,23)(H,24,25). The van der Waals surface area contributed by atoms with Crippen LogP contribution in [0.5, 0.6) is 0 Å². The highest BCUT2D eigenvalue weighted by molar-refractivity contribution is 7.52. The molecule has 3 N–H and O–H groups in total. The lowest BCUT2D eigenvalue weighted by atomic mass is 10.1. The van der Waals surface area contributed by atoms with Crippen molar-refractivity contribution in [2.45, 2.75) is 31.5 Å². The third kappa shape index (κ3) is 5.30. The first-order valence-electron chi connectivity index (χ1n) is 8.76. The van der Waals surface area contributed by atoms with Crippen LogP contribution in [0.1, 0.15) is 24.0 Å². The van der Waals surface area contributed by atoms with Crippen molar-refractivity contribution < 1.29 is 23.9 Å². The zero-order valence-corrected chi connectivity index (χ0v) is 15.6. The van der Waals surface area contributed by atoms with Gasteiger partial charge in [-0.2, -0.15) is 0 Å². The van der Waals surface area contributed by atoms with E-state index in [1.165, 1.54) is 0 Å². The highest BCUT2D eigenvalue weighted by Crippen LogP contribution is 2.47. The van der Waals surface area contributed by atoms with Crippen LogP contribution in [0.2, 0.25) is 0 Å². The number of carboxylic acid groups (broad SMARTS) is 1. The SMILES string of the molecule is O=C(O)C(CCCc1c[nH]c2ccccc12)OP(=O)(O)Cc1ccccc1. The number of rotatable bonds is 9. The monoisotopic (exact) mass is 387 g/mol. The Hall–Kier alpha value is -2.40. The number of hydrogen-bond acceptors (Lipinski definition) is 3. The van der Waals surface area contributed by atoms with Crippen LogP contribution in [0.15, 0.2) is 60.8 Å². The van der Waals surface area contributed by atoms with E-state index in [1.807, 2.05) is 30.5 Å². The van der Waals surface area contributed by atoms with Gasteiger partial charge in [-0.25, -0.2) is 4.79 Å². The van der Waals surface area contributed by atoms with Crippen LogP contribution in [-0.2, 0) is 26.5 Å². The molecule has 0 spiro atoms. The molecule has 0 amide bonds. The Morgan fingerprint density at radius 2 is 1.81 bits per heavy atom. The number of benzene rings is 2. The summed E-state index contributed by atoms with van der Waals surface area (Å²) in [6.07, 6.45) is 1.74. The van der Waals surface area contributed by atoms with Crippen LogP contribution in [0.25, 0.3) is 10.9 Å². The molecule has 2 aromatic carbocycles. The van der Waals surface area contributed by atoms with E-state index in [4.69, 9.17) is 4.52 Å². The van der Waals surface area contributed by atoms with E-state index in [-0.39, 0.29) is 12.6 Å². The number of H-pyrrole nitrogens is 1. The van der Waals surface area contributed by atoms with Crippen LogP contribution in [0, 0.1) is 0 Å². The predicted molar refractivity (Wildman–Crippen MR) is 104 cm³/mol. The lowest BCUT2D eigenvalue weighted by Crippen LogP contribution is -2.23. The first-order chi connectivity index (χ1) is 12.9. The molecular weight excluding hydrogens is 365 g/mol. The minimum atomic E-state index is -4.05. The second-order valence-corrected chi connectivity index (χ2v) is 8.27. The van der Waals surface area contributed by atoms with Gasteiger partial charge in [-0.3, -0.25) is 9.09 Å². The maximum absolute atomic E-state index is 12.3. The van der Waals surface area contributed by atoms with Crippen molar-refractivity contribution in [1.82, 2.24) is 4.98 Å². The molecule has 3 rings (SSSR count). The number of fused-ring (bicyclic) bond motifs is 1. The fraction of sp³-hybridized carbons (Fsp3) is 0.250. The van der Waals surface area contributed by atoms with E-state index in [2.05, 4.69) is 4.98 Å². The number of hydrogen-bond donors (Lipinski definition) is 3. The molecule has 6 nitrogen and oxygen atoms in total. The Labute approximate surface area is 157 Å². The topological polar surface area (TPSA) is 99.6 Å². The van der Waals surface area contributed by atoms with Crippen LogP contribution < -0.4 is 0 Å². The van der Waals surface area contributed by atoms with Crippen LogP contribution in [0.4, 0.5) is 0 Å². The van der Waals surface area contributed by atoms with Crippen molar-refractivity contribution in [3.8, 4) is 0 Å². The lowest BCUT2D eigenvalue weighted by molar-refractivity contribution is -0.145. The zero-order chi connectivity index (χ0) is 19.3. The second-order valence-electron chi connectivity index (χ2n) is 6.47. The van der Waals surface area contributed by atoms with Gasteiger partial charge in [0.2, 0.25) is 0 Å². The third-order valence-electron chi connectivity index (χ3n) is 4.38. The summed E-state index contributed by atoms with van der Waals surface area (Å²) in [5.74, 6) is -1.23. The van der Waals surface area contributed by atoms with Crippen LogP contribution >= 0.6 is 7.60 Å². The number of aliphatic carboxylic acids is 1. The maximum atomic E-state index is 12.3. The number of aromatic nitrogens is 1. The molecular formula is C20H22NO5P. The molecule has 0 aliphatic carbocycles. The Morgan fingerprint density at radius 1 is 1.11 bits per heavy atom. The first kappa shape index (κ1) is 19.4. The van der Waals surface area contributed by atoms with Gasteiger partial charge in [0.1, 0.15) is 0 Å². The molecule has 2 atom stereocenters. The predicted octanol–water partition coefficient (Wildman–Crippen LogP) is 4.35. The summed E-state index contributed by atoms with van der Waals surface area (Å²) in [6, 6.07) is 16.6. The average molecular weight is 387 g/mol. The molecule has 0 saturated heterocycles. The van der Waals surface area contributed by atoms with Gasteiger partial charge in [-0.1, -0.05) is 48.5 Å². The molecule has 2 unspecified atom stereocenters. The van der Waals surface area contributed by atoms with E-state index in [0.717, 1.165) is 16.5 Å². The molecule has 1 aromatic heterocycles. The lowest BCUT2D eigenvalue weighted by Gasteiger charge is -2.18. The molecule has 7 heteroatoms. The maximum Gasteiger partial charge on any atom is 0.333 e. The highest BCUT2D eigenvalue weighted by atomic mass is 31.2. The smallest absolute Gasteiger partial charge is 0.333 e. The van der Waals surface area contributed by atoms with E-state index in [1.54, 1.807) is 30.3 Å². The third-order valence-corrected chi connectivity index (χ3v) is 5.73. The van der Waals surface area contributed by atoms with E-state index < -0.39 is 19.7 Å². The van der Waals surface area contributed by atoms with Gasteiger partial charge in [0.15, 0.2) is 6.10 Å². The fourth-order valence-electron chi connectivity index (χ4n) is 3.09. The van der Waals surface area contributed by atoms with Crippen LogP contribution in [-0.4, -0.2) is 27.1 Å². The number of aromatic amines is 1. The first-order valence-corrected chi connectivity index (χ1v) is 10.5. The Bertz CT molecular complexity index is 953. The van der Waals surface area contributed by atoms with Gasteiger partial charge in [0.25, 0.3) is 0 Å². The van der Waals surface area contributed by atoms with Gasteiger partial charge in [-0.05, 0) is 36.5 Å². The quantitative estimate of drug-likeness (QED) is 0.474.